The third-order valence-corrected chi connectivity index (χ3v) is 5.55. The predicted octanol–water partition coefficient (Wildman–Crippen LogP) is 1.51. The zero-order chi connectivity index (χ0) is 18.7. The van der Waals surface area contributed by atoms with Gasteiger partial charge in [-0.2, -0.15) is 0 Å². The van der Waals surface area contributed by atoms with Crippen molar-refractivity contribution in [2.45, 2.75) is 18.9 Å². The lowest BCUT2D eigenvalue weighted by molar-refractivity contribution is -0.963. The molecule has 1 atom stereocenters. The third-order valence-electron chi connectivity index (χ3n) is 5.55. The van der Waals surface area contributed by atoms with Gasteiger partial charge in [0, 0.05) is 52.3 Å². The van der Waals surface area contributed by atoms with Crippen LogP contribution in [0.5, 0.6) is 0 Å². The number of amides is 1. The van der Waals surface area contributed by atoms with Gasteiger partial charge in [0.2, 0.25) is 0 Å². The first-order valence-corrected chi connectivity index (χ1v) is 8.95. The standard InChI is InChI=1S/C17H28N5O4/c1-19(2)17(23)26-15-11-22(8-4-14(15)5-9-22)13-25-12-21-7-6-20(3)16(21)10-18-24/h6-7,10,14-15H,4-5,8-9,11-13H2,1-3H3/q+1/b16-10-. The lowest BCUT2D eigenvalue weighted by Crippen LogP contribution is -2.65. The van der Waals surface area contributed by atoms with Crippen molar-refractivity contribution in [2.24, 2.45) is 11.1 Å². The summed E-state index contributed by atoms with van der Waals surface area (Å²) in [5, 5.41) is 2.86. The number of fused-ring (bicyclic) bond motifs is 3. The zero-order valence-corrected chi connectivity index (χ0v) is 15.7. The molecule has 0 saturated carbocycles. The van der Waals surface area contributed by atoms with E-state index in [4.69, 9.17) is 9.47 Å². The van der Waals surface area contributed by atoms with Crippen LogP contribution in [0.1, 0.15) is 12.8 Å². The second-order valence-corrected chi connectivity index (χ2v) is 7.56. The van der Waals surface area contributed by atoms with Crippen LogP contribution in [0.3, 0.4) is 0 Å². The maximum absolute atomic E-state index is 11.9. The van der Waals surface area contributed by atoms with E-state index >= 15 is 0 Å². The number of carbonyl (C=O) groups excluding carboxylic acids is 1. The van der Waals surface area contributed by atoms with Crippen LogP contribution in [0.25, 0.3) is 0 Å². The SMILES string of the molecule is CN(C)C(=O)OC1C[N+]2(COCN3C=CN(C)/C3=C/N=O)CCC1CC2. The smallest absolute Gasteiger partial charge is 0.409 e. The summed E-state index contributed by atoms with van der Waals surface area (Å²) < 4.78 is 12.5. The molecule has 0 radical (unpaired) electrons. The normalized spacial score (nSPS) is 31.6. The van der Waals surface area contributed by atoms with Gasteiger partial charge in [0.25, 0.3) is 0 Å². The zero-order valence-electron chi connectivity index (χ0n) is 15.7. The number of nitroso groups, excluding NO2 is 1. The Labute approximate surface area is 154 Å². The Hall–Kier alpha value is -2.13. The Morgan fingerprint density at radius 2 is 2.12 bits per heavy atom. The summed E-state index contributed by atoms with van der Waals surface area (Å²) in [5.74, 6) is 1.15. The van der Waals surface area contributed by atoms with E-state index in [0.717, 1.165) is 37.0 Å². The molecule has 1 unspecified atom stereocenters. The van der Waals surface area contributed by atoms with Crippen molar-refractivity contribution in [3.8, 4) is 0 Å². The van der Waals surface area contributed by atoms with Crippen LogP contribution in [0.15, 0.2) is 29.6 Å². The van der Waals surface area contributed by atoms with E-state index in [2.05, 4.69) is 5.18 Å². The van der Waals surface area contributed by atoms with Crippen LogP contribution >= 0.6 is 0 Å². The molecular formula is C17H28N5O4+. The first-order chi connectivity index (χ1) is 12.4. The Bertz CT molecular complexity index is 598. The highest BCUT2D eigenvalue weighted by Crippen LogP contribution is 2.35. The van der Waals surface area contributed by atoms with Gasteiger partial charge in [-0.25, -0.2) is 4.79 Å². The molecule has 4 heterocycles. The maximum atomic E-state index is 11.9. The maximum Gasteiger partial charge on any atom is 0.409 e. The molecule has 4 aliphatic rings. The number of carbonyl (C=O) groups is 1. The highest BCUT2D eigenvalue weighted by Gasteiger charge is 2.48. The Morgan fingerprint density at radius 3 is 2.77 bits per heavy atom. The molecule has 4 rings (SSSR count). The Kier molecular flexibility index (Phi) is 5.47. The van der Waals surface area contributed by atoms with Crippen LogP contribution in [0.4, 0.5) is 4.79 Å². The van der Waals surface area contributed by atoms with Crippen molar-refractivity contribution in [3.63, 3.8) is 0 Å². The van der Waals surface area contributed by atoms with Crippen molar-refractivity contribution in [1.29, 1.82) is 0 Å². The van der Waals surface area contributed by atoms with Gasteiger partial charge in [0.05, 0.1) is 13.1 Å². The molecule has 26 heavy (non-hydrogen) atoms. The summed E-state index contributed by atoms with van der Waals surface area (Å²) in [5.41, 5.74) is 0. The Morgan fingerprint density at radius 1 is 1.38 bits per heavy atom. The summed E-state index contributed by atoms with van der Waals surface area (Å²) in [6.07, 6.45) is 6.80. The molecule has 3 saturated heterocycles. The van der Waals surface area contributed by atoms with Crippen LogP contribution in [0, 0.1) is 10.8 Å². The summed E-state index contributed by atoms with van der Waals surface area (Å²) in [7, 11) is 5.27. The van der Waals surface area contributed by atoms with Gasteiger partial charge in [0.1, 0.15) is 25.3 Å². The van der Waals surface area contributed by atoms with Crippen LogP contribution in [-0.2, 0) is 9.47 Å². The van der Waals surface area contributed by atoms with E-state index in [0.29, 0.717) is 25.2 Å². The largest absolute Gasteiger partial charge is 0.440 e. The summed E-state index contributed by atoms with van der Waals surface area (Å²) >= 11 is 0. The lowest BCUT2D eigenvalue weighted by atomic mass is 9.84. The highest BCUT2D eigenvalue weighted by atomic mass is 16.6. The lowest BCUT2D eigenvalue weighted by Gasteiger charge is -2.51. The summed E-state index contributed by atoms with van der Waals surface area (Å²) in [4.78, 5) is 27.6. The first-order valence-electron chi connectivity index (χ1n) is 8.95. The summed E-state index contributed by atoms with van der Waals surface area (Å²) in [6, 6.07) is 0. The Balaban J connectivity index is 1.54. The molecule has 0 aromatic rings. The van der Waals surface area contributed by atoms with E-state index in [-0.39, 0.29) is 12.2 Å². The van der Waals surface area contributed by atoms with Crippen molar-refractivity contribution < 1.29 is 18.8 Å². The number of nitrogens with zero attached hydrogens (tertiary/aromatic N) is 5. The molecule has 9 nitrogen and oxygen atoms in total. The van der Waals surface area contributed by atoms with E-state index in [9.17, 15) is 9.70 Å². The average molecular weight is 366 g/mol. The number of hydrogen-bond donors (Lipinski definition) is 0. The van der Waals surface area contributed by atoms with E-state index in [1.165, 1.54) is 11.1 Å². The van der Waals surface area contributed by atoms with E-state index < -0.39 is 0 Å². The molecule has 3 fully saturated rings. The van der Waals surface area contributed by atoms with Gasteiger partial charge in [0.15, 0.2) is 12.8 Å². The molecule has 0 aromatic heterocycles. The third kappa shape index (κ3) is 3.83. The van der Waals surface area contributed by atoms with E-state index in [1.807, 2.05) is 29.2 Å². The van der Waals surface area contributed by atoms with Crippen LogP contribution in [0.2, 0.25) is 0 Å². The fourth-order valence-corrected chi connectivity index (χ4v) is 3.96. The van der Waals surface area contributed by atoms with Gasteiger partial charge in [-0.1, -0.05) is 0 Å². The van der Waals surface area contributed by atoms with Crippen LogP contribution < -0.4 is 0 Å². The molecule has 0 spiro atoms. The summed E-state index contributed by atoms with van der Waals surface area (Å²) in [6.45, 7) is 3.83. The van der Waals surface area contributed by atoms with Gasteiger partial charge < -0.3 is 24.2 Å². The topological polar surface area (TPSA) is 74.7 Å². The molecule has 0 aromatic carbocycles. The molecular weight excluding hydrogens is 338 g/mol. The van der Waals surface area contributed by atoms with Gasteiger partial charge >= 0.3 is 6.09 Å². The minimum Gasteiger partial charge on any atom is -0.440 e. The second kappa shape index (κ2) is 7.63. The first kappa shape index (κ1) is 18.7. The number of hydrogen-bond acceptors (Lipinski definition) is 7. The fourth-order valence-electron chi connectivity index (χ4n) is 3.96. The average Bonchev–Trinajstić information content (AvgIpc) is 2.96. The second-order valence-electron chi connectivity index (χ2n) is 7.56. The van der Waals surface area contributed by atoms with Crippen LogP contribution in [-0.4, -0.2) is 85.6 Å². The van der Waals surface area contributed by atoms with Gasteiger partial charge in [-0.05, 0) is 5.18 Å². The van der Waals surface area contributed by atoms with Gasteiger partial charge in [-0.3, -0.25) is 4.48 Å². The number of piperidine rings is 3. The predicted molar refractivity (Wildman–Crippen MR) is 95.0 cm³/mol. The van der Waals surface area contributed by atoms with E-state index in [1.54, 1.807) is 14.1 Å². The molecule has 0 aliphatic carbocycles. The minimum absolute atomic E-state index is 0.0384. The molecule has 144 valence electrons. The molecule has 0 N–H and O–H groups in total. The van der Waals surface area contributed by atoms with Crippen molar-refractivity contribution in [1.82, 2.24) is 14.7 Å². The number of quaternary nitrogens is 1. The minimum atomic E-state index is -0.274. The molecule has 4 aliphatic heterocycles. The highest BCUT2D eigenvalue weighted by molar-refractivity contribution is 5.67. The quantitative estimate of drug-likeness (QED) is 0.524. The number of ether oxygens (including phenoxy) is 2. The van der Waals surface area contributed by atoms with Gasteiger partial charge in [-0.15, -0.1) is 4.91 Å². The molecule has 1 amide bonds. The van der Waals surface area contributed by atoms with Crippen molar-refractivity contribution in [3.05, 3.63) is 29.3 Å². The van der Waals surface area contributed by atoms with Crippen molar-refractivity contribution in [2.75, 3.05) is 54.2 Å². The van der Waals surface area contributed by atoms with Crippen molar-refractivity contribution >= 4 is 6.09 Å². The number of rotatable bonds is 6. The fraction of sp³-hybridized carbons (Fsp3) is 0.706. The molecule has 2 bridgehead atoms. The monoisotopic (exact) mass is 366 g/mol. The molecule has 9 heteroatoms.